The van der Waals surface area contributed by atoms with Gasteiger partial charge in [0, 0.05) is 0 Å². The van der Waals surface area contributed by atoms with Crippen molar-refractivity contribution in [1.29, 1.82) is 0 Å². The molecule has 0 unspecified atom stereocenters. The zero-order valence-corrected chi connectivity index (χ0v) is 13.2. The van der Waals surface area contributed by atoms with Crippen LogP contribution < -0.4 is 14.2 Å². The Bertz CT molecular complexity index is 484. The van der Waals surface area contributed by atoms with Crippen LogP contribution in [0.3, 0.4) is 0 Å². The van der Waals surface area contributed by atoms with E-state index in [0.29, 0.717) is 34.9 Å². The van der Waals surface area contributed by atoms with Crippen LogP contribution in [-0.4, -0.2) is 32.1 Å². The number of carbonyl (C=O) groups is 1. The Morgan fingerprint density at radius 3 is 2.50 bits per heavy atom. The van der Waals surface area contributed by atoms with Crippen molar-refractivity contribution in [1.82, 2.24) is 0 Å². The molecule has 0 saturated carbocycles. The van der Waals surface area contributed by atoms with Gasteiger partial charge in [0.15, 0.2) is 11.5 Å². The van der Waals surface area contributed by atoms with Crippen molar-refractivity contribution >= 4 is 21.9 Å². The van der Waals surface area contributed by atoms with E-state index in [1.807, 2.05) is 0 Å². The maximum Gasteiger partial charge on any atom is 0.334 e. The van der Waals surface area contributed by atoms with Crippen LogP contribution in [0.2, 0.25) is 0 Å². The number of ether oxygens (including phenoxy) is 4. The van der Waals surface area contributed by atoms with Crippen LogP contribution in [-0.2, 0) is 9.53 Å². The quantitative estimate of drug-likeness (QED) is 0.329. The summed E-state index contributed by atoms with van der Waals surface area (Å²) >= 11 is 3.26. The summed E-state index contributed by atoms with van der Waals surface area (Å²) < 4.78 is 20.9. The molecule has 0 amide bonds. The van der Waals surface area contributed by atoms with E-state index in [9.17, 15) is 4.79 Å². The second-order valence-electron chi connectivity index (χ2n) is 3.59. The van der Waals surface area contributed by atoms with Crippen molar-refractivity contribution in [2.45, 2.75) is 6.92 Å². The monoisotopic (exact) mass is 344 g/mol. The summed E-state index contributed by atoms with van der Waals surface area (Å²) in [5.41, 5.74) is 0. The first kappa shape index (κ1) is 16.4. The van der Waals surface area contributed by atoms with E-state index < -0.39 is 5.97 Å². The highest BCUT2D eigenvalue weighted by Gasteiger charge is 2.13. The minimum atomic E-state index is -0.455. The molecule has 1 aromatic carbocycles. The molecule has 1 aromatic rings. The molecule has 1 rings (SSSR count). The van der Waals surface area contributed by atoms with Crippen molar-refractivity contribution in [3.63, 3.8) is 0 Å². The Hall–Kier alpha value is -1.69. The Labute approximate surface area is 126 Å². The zero-order valence-electron chi connectivity index (χ0n) is 11.6. The SMILES string of the molecule is CCOC(=O)/C=C(/CBr)Oc1cccc(OC)c1OC. The summed E-state index contributed by atoms with van der Waals surface area (Å²) in [6.45, 7) is 2.05. The highest BCUT2D eigenvalue weighted by atomic mass is 79.9. The third-order valence-corrected chi connectivity index (χ3v) is 2.86. The molecule has 0 aromatic heterocycles. The summed E-state index contributed by atoms with van der Waals surface area (Å²) in [4.78, 5) is 11.4. The summed E-state index contributed by atoms with van der Waals surface area (Å²) in [5.74, 6) is 1.43. The van der Waals surface area contributed by atoms with E-state index >= 15 is 0 Å². The van der Waals surface area contributed by atoms with Gasteiger partial charge in [-0.05, 0) is 19.1 Å². The lowest BCUT2D eigenvalue weighted by Crippen LogP contribution is -2.06. The van der Waals surface area contributed by atoms with E-state index in [2.05, 4.69) is 15.9 Å². The van der Waals surface area contributed by atoms with E-state index in [0.717, 1.165) is 0 Å². The molecule has 5 nitrogen and oxygen atoms in total. The lowest BCUT2D eigenvalue weighted by molar-refractivity contribution is -0.137. The minimum absolute atomic E-state index is 0.313. The Morgan fingerprint density at radius 2 is 1.95 bits per heavy atom. The van der Waals surface area contributed by atoms with Crippen LogP contribution in [0.5, 0.6) is 17.2 Å². The molecule has 0 atom stereocenters. The van der Waals surface area contributed by atoms with Gasteiger partial charge >= 0.3 is 5.97 Å². The van der Waals surface area contributed by atoms with Gasteiger partial charge < -0.3 is 18.9 Å². The normalized spacial score (nSPS) is 10.9. The van der Waals surface area contributed by atoms with Crippen molar-refractivity contribution in [3.8, 4) is 17.2 Å². The molecule has 0 heterocycles. The predicted octanol–water partition coefficient (Wildman–Crippen LogP) is 2.92. The largest absolute Gasteiger partial charge is 0.493 e. The third-order valence-electron chi connectivity index (χ3n) is 2.31. The second-order valence-corrected chi connectivity index (χ2v) is 4.15. The smallest absolute Gasteiger partial charge is 0.334 e. The summed E-state index contributed by atoms with van der Waals surface area (Å²) in [6.07, 6.45) is 1.29. The van der Waals surface area contributed by atoms with Crippen LogP contribution in [0.4, 0.5) is 0 Å². The number of methoxy groups -OCH3 is 2. The van der Waals surface area contributed by atoms with Crippen molar-refractivity contribution in [3.05, 3.63) is 30.0 Å². The molecule has 0 aliphatic heterocycles. The van der Waals surface area contributed by atoms with E-state index in [1.165, 1.54) is 13.2 Å². The van der Waals surface area contributed by atoms with Crippen LogP contribution in [0.25, 0.3) is 0 Å². The molecular formula is C14H17BrO5. The summed E-state index contributed by atoms with van der Waals surface area (Å²) in [5, 5.41) is 0.367. The molecule has 6 heteroatoms. The lowest BCUT2D eigenvalue weighted by Gasteiger charge is -2.14. The summed E-state index contributed by atoms with van der Waals surface area (Å²) in [7, 11) is 3.06. The molecular weight excluding hydrogens is 328 g/mol. The molecule has 110 valence electrons. The van der Waals surface area contributed by atoms with Gasteiger partial charge in [-0.15, -0.1) is 0 Å². The number of halogens is 1. The van der Waals surface area contributed by atoms with E-state index in [-0.39, 0.29) is 0 Å². The van der Waals surface area contributed by atoms with Crippen molar-refractivity contribution < 1.29 is 23.7 Å². The molecule has 0 bridgehead atoms. The molecule has 0 N–H and O–H groups in total. The van der Waals surface area contributed by atoms with Crippen LogP contribution in [0.15, 0.2) is 30.0 Å². The molecule has 0 radical (unpaired) electrons. The van der Waals surface area contributed by atoms with E-state index in [1.54, 1.807) is 32.2 Å². The topological polar surface area (TPSA) is 54.0 Å². The summed E-state index contributed by atoms with van der Waals surface area (Å²) in [6, 6.07) is 5.25. The van der Waals surface area contributed by atoms with Crippen LogP contribution in [0.1, 0.15) is 6.92 Å². The Balaban J connectivity index is 2.98. The van der Waals surface area contributed by atoms with Gasteiger partial charge in [0.1, 0.15) is 5.76 Å². The van der Waals surface area contributed by atoms with Gasteiger partial charge in [-0.25, -0.2) is 4.79 Å². The average Bonchev–Trinajstić information content (AvgIpc) is 2.46. The highest BCUT2D eigenvalue weighted by molar-refractivity contribution is 9.09. The van der Waals surface area contributed by atoms with Gasteiger partial charge in [0.05, 0.1) is 32.2 Å². The fourth-order valence-corrected chi connectivity index (χ4v) is 1.77. The number of allylic oxidation sites excluding steroid dienone is 1. The van der Waals surface area contributed by atoms with Gasteiger partial charge in [0.2, 0.25) is 5.75 Å². The molecule has 0 aliphatic carbocycles. The van der Waals surface area contributed by atoms with E-state index in [4.69, 9.17) is 18.9 Å². The van der Waals surface area contributed by atoms with Crippen LogP contribution in [0, 0.1) is 0 Å². The second kappa shape index (κ2) is 8.47. The van der Waals surface area contributed by atoms with Gasteiger partial charge in [-0.3, -0.25) is 0 Å². The average molecular weight is 345 g/mol. The highest BCUT2D eigenvalue weighted by Crippen LogP contribution is 2.37. The van der Waals surface area contributed by atoms with Gasteiger partial charge in [-0.1, -0.05) is 22.0 Å². The minimum Gasteiger partial charge on any atom is -0.493 e. The first-order valence-corrected chi connectivity index (χ1v) is 7.10. The Kier molecular flexibility index (Phi) is 6.93. The zero-order chi connectivity index (χ0) is 15.0. The molecule has 0 saturated heterocycles. The third kappa shape index (κ3) is 4.45. The maximum atomic E-state index is 11.4. The van der Waals surface area contributed by atoms with Crippen molar-refractivity contribution in [2.24, 2.45) is 0 Å². The number of carbonyl (C=O) groups excluding carboxylic acids is 1. The first-order chi connectivity index (χ1) is 9.65. The maximum absolute atomic E-state index is 11.4. The lowest BCUT2D eigenvalue weighted by atomic mass is 10.3. The number of rotatable bonds is 7. The number of esters is 1. The fraction of sp³-hybridized carbons (Fsp3) is 0.357. The fourth-order valence-electron chi connectivity index (χ4n) is 1.49. The molecule has 0 spiro atoms. The number of hydrogen-bond acceptors (Lipinski definition) is 5. The van der Waals surface area contributed by atoms with Gasteiger partial charge in [-0.2, -0.15) is 0 Å². The number of para-hydroxylation sites is 1. The van der Waals surface area contributed by atoms with Crippen LogP contribution >= 0.6 is 15.9 Å². The standard InChI is InChI=1S/C14H17BrO5/c1-4-19-13(16)8-10(9-15)20-12-7-5-6-11(17-2)14(12)18-3/h5-8H,4,9H2,1-3H3/b10-8-. The molecule has 0 fully saturated rings. The number of benzene rings is 1. The Morgan fingerprint density at radius 1 is 1.25 bits per heavy atom. The van der Waals surface area contributed by atoms with Crippen molar-refractivity contribution in [2.75, 3.05) is 26.2 Å². The predicted molar refractivity (Wildman–Crippen MR) is 78.7 cm³/mol. The molecule has 0 aliphatic rings. The molecule has 20 heavy (non-hydrogen) atoms. The first-order valence-electron chi connectivity index (χ1n) is 5.98. The van der Waals surface area contributed by atoms with Gasteiger partial charge in [0.25, 0.3) is 0 Å². The number of hydrogen-bond donors (Lipinski definition) is 0. The number of alkyl halides is 1.